The van der Waals surface area contributed by atoms with E-state index in [1.54, 1.807) is 6.92 Å². The highest BCUT2D eigenvalue weighted by atomic mass is 16.5. The van der Waals surface area contributed by atoms with Gasteiger partial charge in [-0.3, -0.25) is 4.79 Å². The van der Waals surface area contributed by atoms with Crippen molar-refractivity contribution in [1.29, 1.82) is 0 Å². The maximum absolute atomic E-state index is 13.0. The lowest BCUT2D eigenvalue weighted by atomic mass is 10.0. The van der Waals surface area contributed by atoms with Crippen LogP contribution < -0.4 is 4.74 Å². The van der Waals surface area contributed by atoms with Crippen LogP contribution in [0.3, 0.4) is 0 Å². The smallest absolute Gasteiger partial charge is 0.264 e. The van der Waals surface area contributed by atoms with E-state index in [9.17, 15) is 4.79 Å². The molecule has 1 fully saturated rings. The molecule has 2 aliphatic rings. The van der Waals surface area contributed by atoms with Gasteiger partial charge in [0.25, 0.3) is 5.91 Å². The van der Waals surface area contributed by atoms with Crippen LogP contribution in [0.4, 0.5) is 0 Å². The van der Waals surface area contributed by atoms with E-state index in [2.05, 4.69) is 30.1 Å². The van der Waals surface area contributed by atoms with E-state index >= 15 is 0 Å². The largest absolute Gasteiger partial charge is 0.480 e. The van der Waals surface area contributed by atoms with Crippen molar-refractivity contribution in [2.75, 3.05) is 6.54 Å². The molecule has 1 aromatic carbocycles. The Morgan fingerprint density at radius 1 is 1.25 bits per heavy atom. The van der Waals surface area contributed by atoms with E-state index in [1.165, 1.54) is 11.1 Å². The number of aromatic nitrogens is 2. The van der Waals surface area contributed by atoms with Crippen molar-refractivity contribution in [3.8, 4) is 5.75 Å². The molecule has 6 nitrogen and oxygen atoms in total. The van der Waals surface area contributed by atoms with Crippen molar-refractivity contribution >= 4 is 5.91 Å². The van der Waals surface area contributed by atoms with Gasteiger partial charge < -0.3 is 14.2 Å². The lowest BCUT2D eigenvalue weighted by molar-refractivity contribution is -0.139. The molecule has 2 aromatic rings. The summed E-state index contributed by atoms with van der Waals surface area (Å²) in [5.74, 6) is 1.98. The van der Waals surface area contributed by atoms with Gasteiger partial charge in [-0.25, -0.2) is 0 Å². The molecule has 0 bridgehead atoms. The van der Waals surface area contributed by atoms with E-state index < -0.39 is 6.10 Å². The van der Waals surface area contributed by atoms with Gasteiger partial charge in [-0.15, -0.1) is 0 Å². The van der Waals surface area contributed by atoms with Crippen molar-refractivity contribution in [2.24, 2.45) is 0 Å². The van der Waals surface area contributed by atoms with Crippen molar-refractivity contribution < 1.29 is 14.1 Å². The summed E-state index contributed by atoms with van der Waals surface area (Å²) < 4.78 is 11.0. The molecule has 2 aliphatic heterocycles. The minimum atomic E-state index is -0.449. The molecule has 2 atom stereocenters. The number of aryl methyl sites for hydroxylation is 3. The fourth-order valence-electron chi connectivity index (χ4n) is 3.59. The summed E-state index contributed by atoms with van der Waals surface area (Å²) in [6.45, 7) is 6.62. The highest BCUT2D eigenvalue weighted by Crippen LogP contribution is 2.35. The molecule has 126 valence electrons. The van der Waals surface area contributed by atoms with Gasteiger partial charge in [-0.05, 0) is 49.4 Å². The molecule has 1 aromatic heterocycles. The number of benzene rings is 1. The topological polar surface area (TPSA) is 68.5 Å². The number of fused-ring (bicyclic) bond motifs is 1. The highest BCUT2D eigenvalue weighted by Gasteiger charge is 2.39. The van der Waals surface area contributed by atoms with Crippen molar-refractivity contribution in [3.05, 3.63) is 40.5 Å². The van der Waals surface area contributed by atoms with Crippen LogP contribution in [0.15, 0.2) is 16.7 Å². The van der Waals surface area contributed by atoms with E-state index in [0.29, 0.717) is 24.7 Å². The van der Waals surface area contributed by atoms with Crippen LogP contribution in [0.1, 0.15) is 47.3 Å². The predicted octanol–water partition coefficient (Wildman–Crippen LogP) is 2.66. The Kier molecular flexibility index (Phi) is 3.55. The van der Waals surface area contributed by atoms with Crippen LogP contribution in [0.25, 0.3) is 0 Å². The molecule has 4 rings (SSSR count). The Labute approximate surface area is 140 Å². The molecule has 0 radical (unpaired) electrons. The molecular formula is C18H21N3O3. The first kappa shape index (κ1) is 15.2. The summed E-state index contributed by atoms with van der Waals surface area (Å²) in [6, 6.07) is 4.05. The van der Waals surface area contributed by atoms with Gasteiger partial charge in [0.2, 0.25) is 5.89 Å². The molecule has 1 saturated heterocycles. The molecule has 24 heavy (non-hydrogen) atoms. The second-order valence-electron chi connectivity index (χ2n) is 6.72. The Morgan fingerprint density at radius 3 is 2.79 bits per heavy atom. The van der Waals surface area contributed by atoms with Crippen LogP contribution in [-0.4, -0.2) is 33.6 Å². The van der Waals surface area contributed by atoms with Crippen LogP contribution in [0.5, 0.6) is 5.75 Å². The summed E-state index contributed by atoms with van der Waals surface area (Å²) >= 11 is 0. The summed E-state index contributed by atoms with van der Waals surface area (Å²) in [4.78, 5) is 19.1. The summed E-state index contributed by atoms with van der Waals surface area (Å²) in [6.07, 6.45) is 1.99. The third kappa shape index (κ3) is 2.46. The Bertz CT molecular complexity index is 768. The van der Waals surface area contributed by atoms with E-state index in [4.69, 9.17) is 9.26 Å². The second kappa shape index (κ2) is 5.61. The number of carbonyl (C=O) groups is 1. The number of likely N-dealkylation sites (tertiary alicyclic amines) is 1. The highest BCUT2D eigenvalue weighted by molar-refractivity contribution is 5.83. The third-order valence-corrected chi connectivity index (χ3v) is 5.00. The zero-order valence-electron chi connectivity index (χ0n) is 14.2. The SMILES string of the molecule is Cc1nc([C@H]2CCCN2C(=O)[C@H]2Cc3cc(C)c(C)cc3O2)no1. The lowest BCUT2D eigenvalue weighted by Crippen LogP contribution is -2.41. The van der Waals surface area contributed by atoms with Crippen molar-refractivity contribution in [2.45, 2.75) is 52.2 Å². The molecule has 0 aliphatic carbocycles. The Balaban J connectivity index is 1.54. The summed E-state index contributed by atoms with van der Waals surface area (Å²) in [5.41, 5.74) is 3.53. The summed E-state index contributed by atoms with van der Waals surface area (Å²) in [5, 5.41) is 4.00. The molecule has 0 spiro atoms. The van der Waals surface area contributed by atoms with E-state index in [0.717, 1.165) is 24.2 Å². The third-order valence-electron chi connectivity index (χ3n) is 5.00. The number of rotatable bonds is 2. The van der Waals surface area contributed by atoms with Crippen LogP contribution in [0, 0.1) is 20.8 Å². The van der Waals surface area contributed by atoms with Gasteiger partial charge >= 0.3 is 0 Å². The number of hydrogen-bond acceptors (Lipinski definition) is 5. The molecule has 3 heterocycles. The van der Waals surface area contributed by atoms with Crippen molar-refractivity contribution in [3.63, 3.8) is 0 Å². The molecule has 0 N–H and O–H groups in total. The molecule has 0 saturated carbocycles. The average Bonchev–Trinajstić information content (AvgIpc) is 3.25. The van der Waals surface area contributed by atoms with E-state index in [1.807, 2.05) is 11.0 Å². The standard InChI is InChI=1S/C18H21N3O3/c1-10-7-13-9-16(23-15(13)8-11(10)2)18(22)21-6-4-5-14(21)17-19-12(3)24-20-17/h7-8,14,16H,4-6,9H2,1-3H3/t14-,16-/m1/s1. The maximum atomic E-state index is 13.0. The zero-order chi connectivity index (χ0) is 16.8. The van der Waals surface area contributed by atoms with Crippen LogP contribution >= 0.6 is 0 Å². The first-order valence-electron chi connectivity index (χ1n) is 8.40. The molecule has 6 heteroatoms. The molecule has 1 amide bonds. The monoisotopic (exact) mass is 327 g/mol. The lowest BCUT2D eigenvalue weighted by Gasteiger charge is -2.25. The Hall–Kier alpha value is -2.37. The average molecular weight is 327 g/mol. The fourth-order valence-corrected chi connectivity index (χ4v) is 3.59. The van der Waals surface area contributed by atoms with Gasteiger partial charge in [-0.1, -0.05) is 11.2 Å². The number of nitrogens with zero attached hydrogens (tertiary/aromatic N) is 3. The number of hydrogen-bond donors (Lipinski definition) is 0. The molecular weight excluding hydrogens is 306 g/mol. The van der Waals surface area contributed by atoms with Gasteiger partial charge in [0.15, 0.2) is 11.9 Å². The van der Waals surface area contributed by atoms with Crippen molar-refractivity contribution in [1.82, 2.24) is 15.0 Å². The maximum Gasteiger partial charge on any atom is 0.264 e. The number of amides is 1. The summed E-state index contributed by atoms with van der Waals surface area (Å²) in [7, 11) is 0. The van der Waals surface area contributed by atoms with Gasteiger partial charge in [0.05, 0.1) is 6.04 Å². The fraction of sp³-hybridized carbons (Fsp3) is 0.500. The minimum Gasteiger partial charge on any atom is -0.480 e. The van der Waals surface area contributed by atoms with Crippen LogP contribution in [0.2, 0.25) is 0 Å². The first-order chi connectivity index (χ1) is 11.5. The van der Waals surface area contributed by atoms with Gasteiger partial charge in [0, 0.05) is 19.9 Å². The predicted molar refractivity (Wildman–Crippen MR) is 86.8 cm³/mol. The normalized spacial score (nSPS) is 22.5. The number of carbonyl (C=O) groups excluding carboxylic acids is 1. The van der Waals surface area contributed by atoms with Gasteiger partial charge in [-0.2, -0.15) is 4.98 Å². The van der Waals surface area contributed by atoms with Crippen LogP contribution in [-0.2, 0) is 11.2 Å². The Morgan fingerprint density at radius 2 is 2.04 bits per heavy atom. The van der Waals surface area contributed by atoms with E-state index in [-0.39, 0.29) is 11.9 Å². The molecule has 0 unspecified atom stereocenters. The van der Waals surface area contributed by atoms with Gasteiger partial charge in [0.1, 0.15) is 5.75 Å². The zero-order valence-corrected chi connectivity index (χ0v) is 14.2. The first-order valence-corrected chi connectivity index (χ1v) is 8.40. The second-order valence-corrected chi connectivity index (χ2v) is 6.72. The number of ether oxygens (including phenoxy) is 1. The quantitative estimate of drug-likeness (QED) is 0.848. The minimum absolute atomic E-state index is 0.0199.